The second-order valence-electron chi connectivity index (χ2n) is 4.34. The lowest BCUT2D eigenvalue weighted by Gasteiger charge is -2.18. The van der Waals surface area contributed by atoms with E-state index in [9.17, 15) is 0 Å². The minimum Gasteiger partial charge on any atom is -0.323 e. The molecule has 0 fully saturated rings. The molecule has 0 amide bonds. The average Bonchev–Trinajstić information content (AvgIpc) is 2.30. The van der Waals surface area contributed by atoms with Crippen LogP contribution in [0.4, 0.5) is 0 Å². The number of thiazole rings is 1. The monoisotopic (exact) mass is 228 g/mol. The quantitative estimate of drug-likeness (QED) is 0.624. The lowest BCUT2D eigenvalue weighted by Crippen LogP contribution is -2.22. The van der Waals surface area contributed by atoms with Gasteiger partial charge in [0.1, 0.15) is 4.99 Å². The molecule has 1 aromatic heterocycles. The normalized spacial score (nSPS) is 13.4. The first-order valence-electron chi connectivity index (χ1n) is 4.52. The van der Waals surface area contributed by atoms with Crippen molar-refractivity contribution in [2.45, 2.75) is 33.1 Å². The van der Waals surface area contributed by atoms with Crippen molar-refractivity contribution in [1.29, 1.82) is 0 Å². The van der Waals surface area contributed by atoms with Crippen LogP contribution < -0.4 is 4.80 Å². The van der Waals surface area contributed by atoms with Crippen LogP contribution in [0.3, 0.4) is 0 Å². The van der Waals surface area contributed by atoms with E-state index >= 15 is 0 Å². The van der Waals surface area contributed by atoms with Crippen LogP contribution in [-0.2, 0) is 12.5 Å². The summed E-state index contributed by atoms with van der Waals surface area (Å²) in [5.74, 6) is 0. The summed E-state index contributed by atoms with van der Waals surface area (Å²) < 4.78 is 2.11. The summed E-state index contributed by atoms with van der Waals surface area (Å²) in [5.41, 5.74) is 1.45. The van der Waals surface area contributed by atoms with Crippen LogP contribution in [0.25, 0.3) is 0 Å². The summed E-state index contributed by atoms with van der Waals surface area (Å²) in [5, 5.41) is 2.15. The summed E-state index contributed by atoms with van der Waals surface area (Å²) in [6, 6.07) is 0. The van der Waals surface area contributed by atoms with Gasteiger partial charge in [-0.05, 0) is 6.92 Å². The second-order valence-corrected chi connectivity index (χ2v) is 5.77. The molecule has 78 valence electrons. The van der Waals surface area contributed by atoms with E-state index in [1.54, 1.807) is 11.3 Å². The summed E-state index contributed by atoms with van der Waals surface area (Å²) >= 11 is 6.61. The SMILES string of the molecule is CC(=S)N=c1scc(C(C)(C)C)n1C. The van der Waals surface area contributed by atoms with E-state index in [0.717, 1.165) is 4.80 Å². The fourth-order valence-corrected chi connectivity index (χ4v) is 2.60. The molecule has 0 saturated heterocycles. The molecule has 0 aliphatic rings. The molecule has 1 heterocycles. The molecule has 0 atom stereocenters. The summed E-state index contributed by atoms with van der Waals surface area (Å²) in [7, 11) is 2.04. The zero-order valence-corrected chi connectivity index (χ0v) is 10.9. The number of rotatable bonds is 0. The van der Waals surface area contributed by atoms with Gasteiger partial charge in [-0.1, -0.05) is 33.0 Å². The molecule has 0 radical (unpaired) electrons. The van der Waals surface area contributed by atoms with Gasteiger partial charge in [-0.2, -0.15) is 0 Å². The third-order valence-electron chi connectivity index (χ3n) is 1.95. The van der Waals surface area contributed by atoms with Crippen LogP contribution in [0.15, 0.2) is 10.4 Å². The second kappa shape index (κ2) is 3.95. The molecule has 0 aliphatic heterocycles. The van der Waals surface area contributed by atoms with Crippen LogP contribution in [0.1, 0.15) is 33.4 Å². The Morgan fingerprint density at radius 1 is 1.50 bits per heavy atom. The predicted octanol–water partition coefficient (Wildman–Crippen LogP) is 2.63. The molecule has 0 N–H and O–H groups in total. The molecule has 4 heteroatoms. The van der Waals surface area contributed by atoms with E-state index in [-0.39, 0.29) is 5.41 Å². The average molecular weight is 228 g/mol. The maximum Gasteiger partial charge on any atom is 0.190 e. The van der Waals surface area contributed by atoms with Gasteiger partial charge in [0, 0.05) is 23.5 Å². The maximum atomic E-state index is 4.97. The highest BCUT2D eigenvalue weighted by atomic mass is 32.1. The molecular weight excluding hydrogens is 212 g/mol. The van der Waals surface area contributed by atoms with E-state index < -0.39 is 0 Å². The largest absolute Gasteiger partial charge is 0.323 e. The molecule has 14 heavy (non-hydrogen) atoms. The van der Waals surface area contributed by atoms with Crippen molar-refractivity contribution in [2.24, 2.45) is 12.0 Å². The van der Waals surface area contributed by atoms with Gasteiger partial charge in [0.2, 0.25) is 0 Å². The number of hydrogen-bond donors (Lipinski definition) is 0. The first kappa shape index (κ1) is 11.6. The van der Waals surface area contributed by atoms with E-state index in [0.29, 0.717) is 4.99 Å². The van der Waals surface area contributed by atoms with Crippen molar-refractivity contribution in [2.75, 3.05) is 0 Å². The molecule has 0 spiro atoms. The van der Waals surface area contributed by atoms with Gasteiger partial charge >= 0.3 is 0 Å². The standard InChI is InChI=1S/C10H16N2S2/c1-7(13)11-9-12(5)8(6-14-9)10(2,3)4/h6H,1-5H3. The van der Waals surface area contributed by atoms with E-state index in [4.69, 9.17) is 12.2 Å². The molecule has 0 unspecified atom stereocenters. The molecular formula is C10H16N2S2. The predicted molar refractivity (Wildman–Crippen MR) is 65.8 cm³/mol. The van der Waals surface area contributed by atoms with Crippen LogP contribution in [-0.4, -0.2) is 9.56 Å². The zero-order chi connectivity index (χ0) is 10.9. The molecule has 1 rings (SSSR count). The number of hydrogen-bond acceptors (Lipinski definition) is 2. The highest BCUT2D eigenvalue weighted by Gasteiger charge is 2.17. The lowest BCUT2D eigenvalue weighted by atomic mass is 9.93. The summed E-state index contributed by atoms with van der Waals surface area (Å²) in [6.45, 7) is 8.43. The van der Waals surface area contributed by atoms with Crippen LogP contribution in [0.5, 0.6) is 0 Å². The number of thiocarbonyl (C=S) groups is 1. The van der Waals surface area contributed by atoms with E-state index in [2.05, 4.69) is 35.7 Å². The maximum absolute atomic E-state index is 4.97. The molecule has 0 aromatic carbocycles. The lowest BCUT2D eigenvalue weighted by molar-refractivity contribution is 0.538. The third-order valence-corrected chi connectivity index (χ3v) is 2.95. The van der Waals surface area contributed by atoms with Crippen molar-refractivity contribution in [1.82, 2.24) is 4.57 Å². The Labute approximate surface area is 94.3 Å². The van der Waals surface area contributed by atoms with Gasteiger partial charge in [-0.3, -0.25) is 0 Å². The van der Waals surface area contributed by atoms with E-state index in [1.807, 2.05) is 14.0 Å². The van der Waals surface area contributed by atoms with Gasteiger partial charge in [0.05, 0.1) is 0 Å². The fraction of sp³-hybridized carbons (Fsp3) is 0.600. The first-order valence-corrected chi connectivity index (χ1v) is 5.81. The molecule has 2 nitrogen and oxygen atoms in total. The Hall–Kier alpha value is -0.480. The van der Waals surface area contributed by atoms with Gasteiger partial charge in [0.25, 0.3) is 0 Å². The number of nitrogens with zero attached hydrogens (tertiary/aromatic N) is 2. The Balaban J connectivity index is 3.29. The van der Waals surface area contributed by atoms with Crippen molar-refractivity contribution in [3.63, 3.8) is 0 Å². The van der Waals surface area contributed by atoms with Crippen LogP contribution in [0, 0.1) is 0 Å². The fourth-order valence-electron chi connectivity index (χ4n) is 1.29. The molecule has 1 aromatic rings. The summed E-state index contributed by atoms with van der Waals surface area (Å²) in [6.07, 6.45) is 0. The topological polar surface area (TPSA) is 17.3 Å². The van der Waals surface area contributed by atoms with Crippen molar-refractivity contribution < 1.29 is 0 Å². The minimum absolute atomic E-state index is 0.161. The van der Waals surface area contributed by atoms with Gasteiger partial charge < -0.3 is 4.57 Å². The Kier molecular flexibility index (Phi) is 3.27. The highest BCUT2D eigenvalue weighted by molar-refractivity contribution is 7.80. The molecule has 0 bridgehead atoms. The molecule has 0 saturated carbocycles. The van der Waals surface area contributed by atoms with Gasteiger partial charge in [-0.15, -0.1) is 11.3 Å². The van der Waals surface area contributed by atoms with Gasteiger partial charge in [0.15, 0.2) is 4.80 Å². The smallest absolute Gasteiger partial charge is 0.190 e. The molecule has 0 aliphatic carbocycles. The Morgan fingerprint density at radius 3 is 2.43 bits per heavy atom. The Bertz CT molecular complexity index is 404. The van der Waals surface area contributed by atoms with Crippen LogP contribution in [0.2, 0.25) is 0 Å². The third kappa shape index (κ3) is 2.51. The van der Waals surface area contributed by atoms with E-state index in [1.165, 1.54) is 5.69 Å². The first-order chi connectivity index (χ1) is 6.32. The zero-order valence-electron chi connectivity index (χ0n) is 9.29. The summed E-state index contributed by atoms with van der Waals surface area (Å²) in [4.78, 5) is 5.96. The van der Waals surface area contributed by atoms with Crippen molar-refractivity contribution >= 4 is 28.5 Å². The van der Waals surface area contributed by atoms with Crippen molar-refractivity contribution in [3.8, 4) is 0 Å². The number of aromatic nitrogens is 1. The van der Waals surface area contributed by atoms with Crippen molar-refractivity contribution in [3.05, 3.63) is 15.9 Å². The van der Waals surface area contributed by atoms with Gasteiger partial charge in [-0.25, -0.2) is 4.99 Å². The minimum atomic E-state index is 0.161. The van der Waals surface area contributed by atoms with Crippen LogP contribution >= 0.6 is 23.6 Å². The Morgan fingerprint density at radius 2 is 2.07 bits per heavy atom. The highest BCUT2D eigenvalue weighted by Crippen LogP contribution is 2.21.